The Morgan fingerprint density at radius 3 is 2.69 bits per heavy atom. The van der Waals surface area contributed by atoms with Crippen molar-refractivity contribution >= 4 is 11.8 Å². The highest BCUT2D eigenvalue weighted by atomic mass is 32.2. The molecule has 4 nitrogen and oxygen atoms in total. The first kappa shape index (κ1) is 18.3. The highest BCUT2D eigenvalue weighted by Gasteiger charge is 2.19. The summed E-state index contributed by atoms with van der Waals surface area (Å²) < 4.78 is 8.08. The molecule has 0 radical (unpaired) electrons. The van der Waals surface area contributed by atoms with Gasteiger partial charge in [0.05, 0.1) is 0 Å². The molecule has 0 saturated carbocycles. The number of nitrogens with zero attached hydrogens (tertiary/aromatic N) is 3. The molecule has 0 fully saturated rings. The summed E-state index contributed by atoms with van der Waals surface area (Å²) in [5, 5.41) is 9.64. The molecule has 0 aliphatic carbocycles. The highest BCUT2D eigenvalue weighted by molar-refractivity contribution is 7.98. The molecule has 1 heterocycles. The molecule has 1 unspecified atom stereocenters. The third-order valence-corrected chi connectivity index (χ3v) is 4.97. The van der Waals surface area contributed by atoms with E-state index in [2.05, 4.69) is 52.5 Å². The molecule has 2 aromatic carbocycles. The first-order chi connectivity index (χ1) is 12.7. The molecule has 0 aliphatic rings. The lowest BCUT2D eigenvalue weighted by Crippen LogP contribution is -2.12. The maximum atomic E-state index is 6.01. The number of benzene rings is 2. The Kier molecular flexibility index (Phi) is 6.12. The minimum atomic E-state index is -0.196. The van der Waals surface area contributed by atoms with Gasteiger partial charge >= 0.3 is 0 Å². The number of hydrogen-bond acceptors (Lipinski definition) is 4. The summed E-state index contributed by atoms with van der Waals surface area (Å²) >= 11 is 1.68. The maximum absolute atomic E-state index is 6.01. The second-order valence-corrected chi connectivity index (χ2v) is 7.03. The molecular weight excluding hydrogens is 342 g/mol. The second-order valence-electron chi connectivity index (χ2n) is 6.09. The van der Waals surface area contributed by atoms with Crippen LogP contribution in [0.5, 0.6) is 5.75 Å². The van der Waals surface area contributed by atoms with Gasteiger partial charge in [0, 0.05) is 12.3 Å². The lowest BCUT2D eigenvalue weighted by molar-refractivity contribution is 0.210. The molecule has 0 spiro atoms. The summed E-state index contributed by atoms with van der Waals surface area (Å²) in [6.07, 6.45) is 1.66. The van der Waals surface area contributed by atoms with Crippen LogP contribution in [0.25, 0.3) is 0 Å². The Morgan fingerprint density at radius 1 is 1.15 bits per heavy atom. The number of aromatic nitrogens is 3. The lowest BCUT2D eigenvalue weighted by Gasteiger charge is -2.15. The topological polar surface area (TPSA) is 39.9 Å². The SMILES string of the molecule is C=CCn1c(SCc2cccc(C)c2)nnc1C(C)Oc1ccccc1. The van der Waals surface area contributed by atoms with Gasteiger partial charge in [0.1, 0.15) is 5.75 Å². The van der Waals surface area contributed by atoms with Crippen LogP contribution in [-0.4, -0.2) is 14.8 Å². The van der Waals surface area contributed by atoms with Crippen LogP contribution in [-0.2, 0) is 12.3 Å². The van der Waals surface area contributed by atoms with Crippen LogP contribution < -0.4 is 4.74 Å². The number of para-hydroxylation sites is 1. The lowest BCUT2D eigenvalue weighted by atomic mass is 10.2. The average Bonchev–Trinajstić information content (AvgIpc) is 3.04. The molecule has 134 valence electrons. The van der Waals surface area contributed by atoms with Crippen LogP contribution in [0.4, 0.5) is 0 Å². The molecule has 3 aromatic rings. The van der Waals surface area contributed by atoms with E-state index in [1.54, 1.807) is 11.8 Å². The van der Waals surface area contributed by atoms with Gasteiger partial charge in [-0.15, -0.1) is 16.8 Å². The first-order valence-electron chi connectivity index (χ1n) is 8.61. The van der Waals surface area contributed by atoms with Crippen LogP contribution in [0.1, 0.15) is 30.0 Å². The first-order valence-corrected chi connectivity index (χ1v) is 9.60. The number of aryl methyl sites for hydroxylation is 1. The number of allylic oxidation sites excluding steroid dienone is 1. The maximum Gasteiger partial charge on any atom is 0.191 e. The van der Waals surface area contributed by atoms with Crippen LogP contribution in [0.15, 0.2) is 72.4 Å². The Labute approximate surface area is 158 Å². The molecule has 5 heteroatoms. The molecule has 0 bridgehead atoms. The molecule has 0 saturated heterocycles. The van der Waals surface area contributed by atoms with Crippen molar-refractivity contribution in [3.8, 4) is 5.75 Å². The Morgan fingerprint density at radius 2 is 1.96 bits per heavy atom. The zero-order valence-electron chi connectivity index (χ0n) is 15.1. The van der Waals surface area contributed by atoms with E-state index < -0.39 is 0 Å². The molecule has 0 aliphatic heterocycles. The number of hydrogen-bond donors (Lipinski definition) is 0. The van der Waals surface area contributed by atoms with E-state index in [1.165, 1.54) is 11.1 Å². The molecule has 3 rings (SSSR count). The smallest absolute Gasteiger partial charge is 0.191 e. The Bertz CT molecular complexity index is 861. The normalized spacial score (nSPS) is 11.9. The van der Waals surface area contributed by atoms with Crippen molar-refractivity contribution in [2.24, 2.45) is 0 Å². The van der Waals surface area contributed by atoms with E-state index in [9.17, 15) is 0 Å². The minimum absolute atomic E-state index is 0.196. The van der Waals surface area contributed by atoms with Crippen LogP contribution in [0.2, 0.25) is 0 Å². The van der Waals surface area contributed by atoms with Crippen LogP contribution in [0, 0.1) is 6.92 Å². The second kappa shape index (κ2) is 8.72. The summed E-state index contributed by atoms with van der Waals surface area (Å²) in [6, 6.07) is 18.3. The zero-order valence-corrected chi connectivity index (χ0v) is 15.9. The van der Waals surface area contributed by atoms with Crippen molar-refractivity contribution < 1.29 is 4.74 Å². The predicted molar refractivity (Wildman–Crippen MR) is 106 cm³/mol. The number of thioether (sulfide) groups is 1. The largest absolute Gasteiger partial charge is 0.483 e. The van der Waals surface area contributed by atoms with Gasteiger partial charge in [0.15, 0.2) is 17.1 Å². The monoisotopic (exact) mass is 365 g/mol. The van der Waals surface area contributed by atoms with E-state index in [-0.39, 0.29) is 6.10 Å². The fourth-order valence-electron chi connectivity index (χ4n) is 2.71. The van der Waals surface area contributed by atoms with Crippen molar-refractivity contribution in [1.82, 2.24) is 14.8 Å². The minimum Gasteiger partial charge on any atom is -0.483 e. The third-order valence-electron chi connectivity index (χ3n) is 3.93. The molecule has 0 N–H and O–H groups in total. The van der Waals surface area contributed by atoms with Crippen molar-refractivity contribution in [3.63, 3.8) is 0 Å². The van der Waals surface area contributed by atoms with E-state index in [0.29, 0.717) is 6.54 Å². The van der Waals surface area contributed by atoms with Gasteiger partial charge in [-0.3, -0.25) is 4.57 Å². The summed E-state index contributed by atoms with van der Waals surface area (Å²) in [6.45, 7) is 8.62. The Hall–Kier alpha value is -2.53. The van der Waals surface area contributed by atoms with E-state index in [4.69, 9.17) is 4.74 Å². The number of rotatable bonds is 8. The van der Waals surface area contributed by atoms with E-state index in [1.807, 2.05) is 43.3 Å². The van der Waals surface area contributed by atoms with Gasteiger partial charge in [-0.25, -0.2) is 0 Å². The van der Waals surface area contributed by atoms with Crippen LogP contribution >= 0.6 is 11.8 Å². The summed E-state index contributed by atoms with van der Waals surface area (Å²) in [7, 11) is 0. The summed E-state index contributed by atoms with van der Waals surface area (Å²) in [5.74, 6) is 2.48. The van der Waals surface area contributed by atoms with E-state index >= 15 is 0 Å². The number of ether oxygens (including phenoxy) is 1. The summed E-state index contributed by atoms with van der Waals surface area (Å²) in [4.78, 5) is 0. The molecule has 1 aromatic heterocycles. The standard InChI is InChI=1S/C21H23N3OS/c1-4-13-24-20(17(3)25-19-11-6-5-7-12-19)22-23-21(24)26-15-18-10-8-9-16(2)14-18/h4-12,14,17H,1,13,15H2,2-3H3. The van der Waals surface area contributed by atoms with Crippen molar-refractivity contribution in [2.45, 2.75) is 37.4 Å². The highest BCUT2D eigenvalue weighted by Crippen LogP contribution is 2.26. The quantitative estimate of drug-likeness (QED) is 0.406. The Balaban J connectivity index is 1.75. The fourth-order valence-corrected chi connectivity index (χ4v) is 3.61. The van der Waals surface area contributed by atoms with Gasteiger partial charge in [-0.1, -0.05) is 65.9 Å². The van der Waals surface area contributed by atoms with Gasteiger partial charge in [-0.2, -0.15) is 0 Å². The predicted octanol–water partition coefficient (Wildman–Crippen LogP) is 5.20. The van der Waals surface area contributed by atoms with Gasteiger partial charge in [0.2, 0.25) is 0 Å². The van der Waals surface area contributed by atoms with Gasteiger partial charge in [0.25, 0.3) is 0 Å². The van der Waals surface area contributed by atoms with Crippen molar-refractivity contribution in [1.29, 1.82) is 0 Å². The molecule has 1 atom stereocenters. The summed E-state index contributed by atoms with van der Waals surface area (Å²) in [5.41, 5.74) is 2.54. The molecular formula is C21H23N3OS. The average molecular weight is 366 g/mol. The van der Waals surface area contributed by atoms with E-state index in [0.717, 1.165) is 22.5 Å². The third kappa shape index (κ3) is 4.55. The van der Waals surface area contributed by atoms with Crippen molar-refractivity contribution in [2.75, 3.05) is 0 Å². The fraction of sp³-hybridized carbons (Fsp3) is 0.238. The zero-order chi connectivity index (χ0) is 18.4. The van der Waals surface area contributed by atoms with Crippen LogP contribution in [0.3, 0.4) is 0 Å². The molecule has 0 amide bonds. The van der Waals surface area contributed by atoms with Crippen molar-refractivity contribution in [3.05, 3.63) is 84.2 Å². The molecule has 26 heavy (non-hydrogen) atoms. The van der Waals surface area contributed by atoms with Gasteiger partial charge in [-0.05, 0) is 31.5 Å². The van der Waals surface area contributed by atoms with Gasteiger partial charge < -0.3 is 4.74 Å².